The van der Waals surface area contributed by atoms with Crippen LogP contribution in [0.1, 0.15) is 11.1 Å². The third kappa shape index (κ3) is 4.58. The maximum absolute atomic E-state index is 13.1. The van der Waals surface area contributed by atoms with Gasteiger partial charge in [0.05, 0.1) is 9.82 Å². The number of rotatable bonds is 7. The molecular formula is C20H18N2O4S. The van der Waals surface area contributed by atoms with Gasteiger partial charge in [-0.2, -0.15) is 4.31 Å². The van der Waals surface area contributed by atoms with Gasteiger partial charge >= 0.3 is 0 Å². The summed E-state index contributed by atoms with van der Waals surface area (Å²) in [5.74, 6) is 0. The summed E-state index contributed by atoms with van der Waals surface area (Å²) in [6, 6.07) is 23.5. The van der Waals surface area contributed by atoms with E-state index < -0.39 is 14.9 Å². The van der Waals surface area contributed by atoms with Crippen LogP contribution in [0.5, 0.6) is 0 Å². The Morgan fingerprint density at radius 3 is 1.74 bits per heavy atom. The number of hydrogen-bond acceptors (Lipinski definition) is 4. The summed E-state index contributed by atoms with van der Waals surface area (Å²) in [6.45, 7) is 0.319. The molecule has 0 saturated heterocycles. The van der Waals surface area contributed by atoms with Gasteiger partial charge in [0.2, 0.25) is 10.0 Å². The van der Waals surface area contributed by atoms with E-state index in [1.807, 2.05) is 30.3 Å². The zero-order valence-electron chi connectivity index (χ0n) is 14.4. The minimum absolute atomic E-state index is 0.0284. The largest absolute Gasteiger partial charge is 0.269 e. The van der Waals surface area contributed by atoms with E-state index in [1.165, 1.54) is 16.4 Å². The fourth-order valence-electron chi connectivity index (χ4n) is 2.68. The lowest BCUT2D eigenvalue weighted by atomic mass is 10.2. The summed E-state index contributed by atoms with van der Waals surface area (Å²) in [6.07, 6.45) is 0. The Morgan fingerprint density at radius 1 is 0.741 bits per heavy atom. The molecule has 0 aromatic heterocycles. The molecule has 0 aliphatic carbocycles. The van der Waals surface area contributed by atoms with Crippen molar-refractivity contribution in [2.24, 2.45) is 0 Å². The van der Waals surface area contributed by atoms with E-state index in [-0.39, 0.29) is 23.7 Å². The Balaban J connectivity index is 1.93. The Morgan fingerprint density at radius 2 is 1.22 bits per heavy atom. The number of sulfonamides is 1. The van der Waals surface area contributed by atoms with E-state index in [2.05, 4.69) is 0 Å². The molecule has 3 aromatic rings. The minimum atomic E-state index is -3.72. The lowest BCUT2D eigenvalue weighted by Gasteiger charge is -2.22. The molecule has 3 rings (SSSR count). The Hall–Kier alpha value is -3.03. The van der Waals surface area contributed by atoms with Gasteiger partial charge in [-0.15, -0.1) is 0 Å². The molecule has 27 heavy (non-hydrogen) atoms. The van der Waals surface area contributed by atoms with E-state index in [4.69, 9.17) is 0 Å². The van der Waals surface area contributed by atoms with E-state index in [1.54, 1.807) is 42.5 Å². The van der Waals surface area contributed by atoms with Crippen LogP contribution in [-0.4, -0.2) is 17.6 Å². The van der Waals surface area contributed by atoms with Gasteiger partial charge in [-0.3, -0.25) is 10.1 Å². The van der Waals surface area contributed by atoms with Crippen LogP contribution in [0.3, 0.4) is 0 Å². The van der Waals surface area contributed by atoms with Crippen molar-refractivity contribution in [3.05, 3.63) is 106 Å². The van der Waals surface area contributed by atoms with Gasteiger partial charge in [-0.1, -0.05) is 60.7 Å². The molecular weight excluding hydrogens is 364 g/mol. The van der Waals surface area contributed by atoms with Crippen LogP contribution in [0.15, 0.2) is 89.8 Å². The van der Waals surface area contributed by atoms with Crippen molar-refractivity contribution in [2.75, 3.05) is 0 Å². The average Bonchev–Trinajstić information content (AvgIpc) is 2.69. The maximum atomic E-state index is 13.1. The van der Waals surface area contributed by atoms with E-state index in [0.29, 0.717) is 5.56 Å². The van der Waals surface area contributed by atoms with Crippen molar-refractivity contribution in [3.8, 4) is 0 Å². The first kappa shape index (κ1) is 18.8. The average molecular weight is 382 g/mol. The molecule has 0 bridgehead atoms. The molecule has 0 aliphatic heterocycles. The quantitative estimate of drug-likeness (QED) is 0.457. The summed E-state index contributed by atoms with van der Waals surface area (Å²) in [5, 5.41) is 10.8. The lowest BCUT2D eigenvalue weighted by Crippen LogP contribution is -2.30. The van der Waals surface area contributed by atoms with E-state index in [0.717, 1.165) is 5.56 Å². The van der Waals surface area contributed by atoms with Crippen LogP contribution in [0, 0.1) is 10.1 Å². The van der Waals surface area contributed by atoms with Gasteiger partial charge < -0.3 is 0 Å². The van der Waals surface area contributed by atoms with Gasteiger partial charge in [0.15, 0.2) is 0 Å². The summed E-state index contributed by atoms with van der Waals surface area (Å²) < 4.78 is 27.6. The van der Waals surface area contributed by atoms with Crippen molar-refractivity contribution in [1.82, 2.24) is 4.31 Å². The van der Waals surface area contributed by atoms with Crippen molar-refractivity contribution in [2.45, 2.75) is 18.0 Å². The summed E-state index contributed by atoms with van der Waals surface area (Å²) in [7, 11) is -3.72. The molecule has 0 fully saturated rings. The molecule has 0 N–H and O–H groups in total. The molecule has 0 atom stereocenters. The Kier molecular flexibility index (Phi) is 5.63. The molecule has 0 radical (unpaired) electrons. The first-order valence-corrected chi connectivity index (χ1v) is 9.73. The Labute approximate surface area is 157 Å². The van der Waals surface area contributed by atoms with Gasteiger partial charge in [0.25, 0.3) is 5.69 Å². The molecule has 0 heterocycles. The second kappa shape index (κ2) is 8.11. The zero-order chi connectivity index (χ0) is 19.3. The second-order valence-corrected chi connectivity index (χ2v) is 7.93. The maximum Gasteiger partial charge on any atom is 0.269 e. The molecule has 0 unspecified atom stereocenters. The van der Waals surface area contributed by atoms with Gasteiger partial charge in [0, 0.05) is 25.2 Å². The SMILES string of the molecule is O=[N+]([O-])c1ccc(CN(Cc2ccccc2)S(=O)(=O)c2ccccc2)cc1. The van der Waals surface area contributed by atoms with Crippen LogP contribution in [0.2, 0.25) is 0 Å². The van der Waals surface area contributed by atoms with Crippen LogP contribution < -0.4 is 0 Å². The first-order chi connectivity index (χ1) is 13.0. The van der Waals surface area contributed by atoms with Crippen LogP contribution in [0.4, 0.5) is 5.69 Å². The van der Waals surface area contributed by atoms with Crippen molar-refractivity contribution >= 4 is 15.7 Å². The molecule has 0 spiro atoms. The first-order valence-electron chi connectivity index (χ1n) is 8.29. The molecule has 7 heteroatoms. The topological polar surface area (TPSA) is 80.5 Å². The third-order valence-corrected chi connectivity index (χ3v) is 5.89. The normalized spacial score (nSPS) is 11.4. The molecule has 6 nitrogen and oxygen atoms in total. The zero-order valence-corrected chi connectivity index (χ0v) is 15.2. The molecule has 0 saturated carbocycles. The Bertz CT molecular complexity index is 1000. The summed E-state index contributed by atoms with van der Waals surface area (Å²) in [4.78, 5) is 10.6. The van der Waals surface area contributed by atoms with Gasteiger partial charge in [-0.05, 0) is 23.3 Å². The van der Waals surface area contributed by atoms with Crippen molar-refractivity contribution < 1.29 is 13.3 Å². The number of nitro groups is 1. The molecule has 3 aromatic carbocycles. The fraction of sp³-hybridized carbons (Fsp3) is 0.100. The predicted octanol–water partition coefficient (Wildman–Crippen LogP) is 3.99. The highest BCUT2D eigenvalue weighted by Gasteiger charge is 2.25. The molecule has 0 amide bonds. The monoisotopic (exact) mass is 382 g/mol. The molecule has 138 valence electrons. The highest BCUT2D eigenvalue weighted by molar-refractivity contribution is 7.89. The number of hydrogen-bond donors (Lipinski definition) is 0. The standard InChI is InChI=1S/C20H18N2O4S/c23-22(24)19-13-11-18(12-14-19)16-21(15-17-7-3-1-4-8-17)27(25,26)20-9-5-2-6-10-20/h1-14H,15-16H2. The van der Waals surface area contributed by atoms with E-state index in [9.17, 15) is 18.5 Å². The number of nitro benzene ring substituents is 1. The molecule has 0 aliphatic rings. The number of non-ortho nitro benzene ring substituents is 1. The predicted molar refractivity (Wildman–Crippen MR) is 102 cm³/mol. The van der Waals surface area contributed by atoms with Crippen LogP contribution in [0.25, 0.3) is 0 Å². The smallest absolute Gasteiger partial charge is 0.258 e. The highest BCUT2D eigenvalue weighted by Crippen LogP contribution is 2.22. The summed E-state index contributed by atoms with van der Waals surface area (Å²) >= 11 is 0. The van der Waals surface area contributed by atoms with E-state index >= 15 is 0 Å². The fourth-order valence-corrected chi connectivity index (χ4v) is 4.12. The van der Waals surface area contributed by atoms with Crippen LogP contribution >= 0.6 is 0 Å². The van der Waals surface area contributed by atoms with Gasteiger partial charge in [-0.25, -0.2) is 8.42 Å². The summed E-state index contributed by atoms with van der Waals surface area (Å²) in [5.41, 5.74) is 1.51. The van der Waals surface area contributed by atoms with Crippen molar-refractivity contribution in [3.63, 3.8) is 0 Å². The number of nitrogens with zero attached hydrogens (tertiary/aromatic N) is 2. The highest BCUT2D eigenvalue weighted by atomic mass is 32.2. The number of benzene rings is 3. The van der Waals surface area contributed by atoms with Crippen LogP contribution in [-0.2, 0) is 23.1 Å². The third-order valence-electron chi connectivity index (χ3n) is 4.09. The second-order valence-electron chi connectivity index (χ2n) is 6.00. The lowest BCUT2D eigenvalue weighted by molar-refractivity contribution is -0.384. The van der Waals surface area contributed by atoms with Crippen molar-refractivity contribution in [1.29, 1.82) is 0 Å². The minimum Gasteiger partial charge on any atom is -0.258 e. The van der Waals surface area contributed by atoms with Gasteiger partial charge in [0.1, 0.15) is 0 Å².